The monoisotopic (exact) mass is 553 g/mol. The number of carbonyl (C=O) groups is 3. The van der Waals surface area contributed by atoms with Gasteiger partial charge in [-0.1, -0.05) is 6.58 Å². The van der Waals surface area contributed by atoms with E-state index in [9.17, 15) is 14.4 Å². The molecule has 0 aliphatic carbocycles. The number of nitrogens with zero attached hydrogens (tertiary/aromatic N) is 4. The van der Waals surface area contributed by atoms with Gasteiger partial charge in [0.2, 0.25) is 11.5 Å². The summed E-state index contributed by atoms with van der Waals surface area (Å²) in [6.45, 7) is 5.06. The van der Waals surface area contributed by atoms with Crippen LogP contribution >= 0.6 is 0 Å². The first kappa shape index (κ1) is 27.1. The first-order valence-electron chi connectivity index (χ1n) is 12.8. The number of carbonyl (C=O) groups excluding carboxylic acids is 3. The van der Waals surface area contributed by atoms with Crippen molar-refractivity contribution >= 4 is 40.1 Å². The first-order valence-corrected chi connectivity index (χ1v) is 12.8. The number of hydrogen-bond donors (Lipinski definition) is 3. The molecule has 0 saturated carbocycles. The highest BCUT2D eigenvalue weighted by Gasteiger charge is 2.21. The minimum Gasteiger partial charge on any atom is -0.491 e. The van der Waals surface area contributed by atoms with Gasteiger partial charge < -0.3 is 25.4 Å². The second-order valence-corrected chi connectivity index (χ2v) is 8.87. The lowest BCUT2D eigenvalue weighted by Gasteiger charge is -2.15. The number of hydrogen-bond acceptors (Lipinski definition) is 8. The third-order valence-corrected chi connectivity index (χ3v) is 6.26. The van der Waals surface area contributed by atoms with E-state index in [0.717, 1.165) is 11.2 Å². The predicted octanol–water partition coefficient (Wildman–Crippen LogP) is 2.54. The maximum Gasteiger partial charge on any atom is 0.281 e. The Bertz CT molecular complexity index is 1700. The lowest BCUT2D eigenvalue weighted by molar-refractivity contribution is -0.111. The van der Waals surface area contributed by atoms with Gasteiger partial charge in [-0.3, -0.25) is 23.9 Å². The lowest BCUT2D eigenvalue weighted by atomic mass is 10.2. The smallest absolute Gasteiger partial charge is 0.281 e. The second kappa shape index (κ2) is 12.1. The summed E-state index contributed by atoms with van der Waals surface area (Å²) in [5.41, 5.74) is 2.07. The Kier molecular flexibility index (Phi) is 8.00. The Hall–Kier alpha value is -5.52. The van der Waals surface area contributed by atoms with Crippen molar-refractivity contribution in [2.75, 3.05) is 37.4 Å². The van der Waals surface area contributed by atoms with E-state index < -0.39 is 5.91 Å². The number of nitrogens with one attached hydrogen (secondary N) is 3. The number of ether oxygens (including phenoxy) is 2. The zero-order valence-corrected chi connectivity index (χ0v) is 22.2. The van der Waals surface area contributed by atoms with Crippen molar-refractivity contribution in [1.29, 1.82) is 0 Å². The Morgan fingerprint density at radius 2 is 1.98 bits per heavy atom. The molecule has 0 bridgehead atoms. The average molecular weight is 554 g/mol. The zero-order valence-electron chi connectivity index (χ0n) is 22.2. The number of amides is 3. The number of pyridine rings is 1. The van der Waals surface area contributed by atoms with Gasteiger partial charge in [0.1, 0.15) is 17.9 Å². The molecule has 12 nitrogen and oxygen atoms in total. The maximum atomic E-state index is 12.8. The maximum absolute atomic E-state index is 12.8. The second-order valence-electron chi connectivity index (χ2n) is 8.87. The molecule has 3 N–H and O–H groups in total. The van der Waals surface area contributed by atoms with E-state index in [-0.39, 0.29) is 30.6 Å². The van der Waals surface area contributed by atoms with Crippen LogP contribution in [-0.4, -0.2) is 59.1 Å². The van der Waals surface area contributed by atoms with E-state index in [0.29, 0.717) is 46.9 Å². The van der Waals surface area contributed by atoms with E-state index in [2.05, 4.69) is 37.5 Å². The van der Waals surface area contributed by atoms with Crippen LogP contribution in [0.4, 0.5) is 11.5 Å². The highest BCUT2D eigenvalue weighted by Crippen LogP contribution is 2.37. The molecule has 3 amide bonds. The number of fused-ring (bicyclic) bond motifs is 3. The fourth-order valence-corrected chi connectivity index (χ4v) is 4.32. The van der Waals surface area contributed by atoms with Crippen molar-refractivity contribution in [3.8, 4) is 11.5 Å². The fourth-order valence-electron chi connectivity index (χ4n) is 4.32. The van der Waals surface area contributed by atoms with Crippen molar-refractivity contribution in [3.05, 3.63) is 90.3 Å². The van der Waals surface area contributed by atoms with Crippen LogP contribution in [0, 0.1) is 0 Å². The van der Waals surface area contributed by atoms with Crippen LogP contribution in [-0.2, 0) is 11.3 Å². The van der Waals surface area contributed by atoms with Crippen molar-refractivity contribution < 1.29 is 23.9 Å². The van der Waals surface area contributed by atoms with Crippen LogP contribution in [0.25, 0.3) is 10.9 Å². The van der Waals surface area contributed by atoms with E-state index in [1.807, 2.05) is 10.6 Å². The number of rotatable bonds is 9. The number of benzene rings is 2. The van der Waals surface area contributed by atoms with Gasteiger partial charge in [-0.2, -0.15) is 4.99 Å². The van der Waals surface area contributed by atoms with Crippen molar-refractivity contribution in [3.63, 3.8) is 0 Å². The quantitative estimate of drug-likeness (QED) is 0.212. The fraction of sp³-hybridized carbons (Fsp3) is 0.172. The molecular formula is C29H27N7O5. The minimum absolute atomic E-state index is 0.162. The standard InChI is InChI=1S/C29H27N7O5/c1-3-23(37)33-20-8-6-18(7-9-20)27(38)32-14-16-41-22-11-10-21-24(25(22)40-2)34-29(36-15-13-31-26(21)36)35-28(39)19-5-4-12-30-17-19/h3-12,17,31H,1,13-16H2,2H3,(H,32,38)(H,33,37). The summed E-state index contributed by atoms with van der Waals surface area (Å²) < 4.78 is 13.5. The molecule has 0 radical (unpaired) electrons. The molecule has 41 heavy (non-hydrogen) atoms. The summed E-state index contributed by atoms with van der Waals surface area (Å²) in [4.78, 5) is 49.7. The molecule has 5 rings (SSSR count). The minimum atomic E-state index is -0.454. The Labute approximate surface area is 234 Å². The Balaban J connectivity index is 1.32. The van der Waals surface area contributed by atoms with Crippen LogP contribution < -0.4 is 31.0 Å². The third-order valence-electron chi connectivity index (χ3n) is 6.26. The number of anilines is 2. The van der Waals surface area contributed by atoms with Gasteiger partial charge >= 0.3 is 0 Å². The summed E-state index contributed by atoms with van der Waals surface area (Å²) in [7, 11) is 1.51. The molecule has 12 heteroatoms. The van der Waals surface area contributed by atoms with Crippen molar-refractivity contribution in [1.82, 2.24) is 19.9 Å². The van der Waals surface area contributed by atoms with E-state index >= 15 is 0 Å². The average Bonchev–Trinajstić information content (AvgIpc) is 3.50. The van der Waals surface area contributed by atoms with Gasteiger partial charge in [0.25, 0.3) is 11.8 Å². The molecule has 1 aliphatic heterocycles. The van der Waals surface area contributed by atoms with Crippen LogP contribution in [0.15, 0.2) is 78.6 Å². The topological polar surface area (TPSA) is 149 Å². The largest absolute Gasteiger partial charge is 0.491 e. The van der Waals surface area contributed by atoms with Gasteiger partial charge in [0.15, 0.2) is 11.5 Å². The summed E-state index contributed by atoms with van der Waals surface area (Å²) in [6, 6.07) is 13.4. The van der Waals surface area contributed by atoms with Crippen LogP contribution in [0.3, 0.4) is 0 Å². The zero-order chi connectivity index (χ0) is 28.8. The van der Waals surface area contributed by atoms with Gasteiger partial charge in [0, 0.05) is 42.1 Å². The lowest BCUT2D eigenvalue weighted by Crippen LogP contribution is -2.28. The molecule has 4 aromatic rings. The molecule has 0 spiro atoms. The Morgan fingerprint density at radius 1 is 1.15 bits per heavy atom. The predicted molar refractivity (Wildman–Crippen MR) is 152 cm³/mol. The van der Waals surface area contributed by atoms with Crippen LogP contribution in [0.5, 0.6) is 11.5 Å². The van der Waals surface area contributed by atoms with Gasteiger partial charge in [-0.25, -0.2) is 4.98 Å². The van der Waals surface area contributed by atoms with E-state index in [1.165, 1.54) is 19.4 Å². The highest BCUT2D eigenvalue weighted by atomic mass is 16.5. The summed E-state index contributed by atoms with van der Waals surface area (Å²) in [5, 5.41) is 9.56. The third kappa shape index (κ3) is 5.91. The van der Waals surface area contributed by atoms with Gasteiger partial charge in [0.05, 0.1) is 19.2 Å². The first-order chi connectivity index (χ1) is 20.0. The Morgan fingerprint density at radius 3 is 2.71 bits per heavy atom. The van der Waals surface area contributed by atoms with E-state index in [1.54, 1.807) is 48.7 Å². The molecule has 0 fully saturated rings. The molecule has 1 aliphatic rings. The van der Waals surface area contributed by atoms with Crippen molar-refractivity contribution in [2.24, 2.45) is 4.99 Å². The van der Waals surface area contributed by atoms with Crippen LogP contribution in [0.2, 0.25) is 0 Å². The molecular weight excluding hydrogens is 526 g/mol. The van der Waals surface area contributed by atoms with Crippen molar-refractivity contribution in [2.45, 2.75) is 6.54 Å². The molecule has 0 atom stereocenters. The van der Waals surface area contributed by atoms with E-state index in [4.69, 9.17) is 9.47 Å². The molecule has 0 saturated heterocycles. The summed E-state index contributed by atoms with van der Waals surface area (Å²) >= 11 is 0. The van der Waals surface area contributed by atoms with Gasteiger partial charge in [-0.05, 0) is 54.6 Å². The van der Waals surface area contributed by atoms with Crippen LogP contribution in [0.1, 0.15) is 20.7 Å². The highest BCUT2D eigenvalue weighted by molar-refractivity contribution is 6.00. The molecule has 2 aromatic carbocycles. The normalized spacial score (nSPS) is 12.3. The SMILES string of the molecule is C=CC(=O)Nc1ccc(C(=O)NCCOc2ccc3c4n(c(=NC(=O)c5cccnc5)nc3c2OC)CCN4)cc1. The molecule has 2 aromatic heterocycles. The number of methoxy groups -OCH3 is 1. The van der Waals surface area contributed by atoms with Gasteiger partial charge in [-0.15, -0.1) is 0 Å². The molecule has 0 unspecified atom stereocenters. The summed E-state index contributed by atoms with van der Waals surface area (Å²) in [5.74, 6) is 0.516. The number of aromatic nitrogens is 3. The molecule has 3 heterocycles. The summed E-state index contributed by atoms with van der Waals surface area (Å²) in [6.07, 6.45) is 4.22. The molecule has 208 valence electrons.